The molecule has 0 saturated heterocycles. The van der Waals surface area contributed by atoms with Crippen LogP contribution in [0.4, 0.5) is 0 Å². The fraction of sp³-hybridized carbons (Fsp3) is 0.976. The summed E-state index contributed by atoms with van der Waals surface area (Å²) in [5, 5.41) is 0. The summed E-state index contributed by atoms with van der Waals surface area (Å²) in [6, 6.07) is 0. The predicted octanol–water partition coefficient (Wildman–Crippen LogP) is 25.2. The zero-order valence-electron chi connectivity index (χ0n) is 62.8. The summed E-state index contributed by atoms with van der Waals surface area (Å²) in [5.74, 6) is 21.6. The minimum atomic E-state index is 0.466. The van der Waals surface area contributed by atoms with Crippen molar-refractivity contribution in [3.8, 4) is 0 Å². The highest BCUT2D eigenvalue weighted by atomic mass is 31.0. The van der Waals surface area contributed by atoms with Crippen LogP contribution < -0.4 is 0 Å². The lowest BCUT2D eigenvalue weighted by atomic mass is 9.43. The van der Waals surface area contributed by atoms with Crippen LogP contribution in [-0.2, 0) is 13.6 Å². The summed E-state index contributed by atoms with van der Waals surface area (Å²) in [5.41, 5.74) is 3.35. The van der Waals surface area contributed by atoms with Crippen LogP contribution in [-0.4, -0.2) is 18.3 Å². The first-order valence-electron chi connectivity index (χ1n) is 40.4. The molecule has 0 N–H and O–H groups in total. The van der Waals surface area contributed by atoms with Crippen LogP contribution >= 0.6 is 28.4 Å². The third kappa shape index (κ3) is 13.5. The molecule has 12 aliphatic rings. The Morgan fingerprint density at radius 1 is 0.367 bits per heavy atom. The predicted molar refractivity (Wildman–Crippen MR) is 396 cm³/mol. The van der Waals surface area contributed by atoms with Gasteiger partial charge in [0, 0.05) is 28.4 Å². The minimum Gasteiger partial charge on any atom is -0.362 e. The van der Waals surface area contributed by atoms with Gasteiger partial charge >= 0.3 is 0 Å². The molecule has 3 nitrogen and oxygen atoms in total. The number of hydrogen-bond donors (Lipinski definition) is 0. The second kappa shape index (κ2) is 29.6. The minimum absolute atomic E-state index is 0.466. The lowest BCUT2D eigenvalue weighted by molar-refractivity contribution is -0.159. The number of fused-ring (bicyclic) bond motifs is 15. The average Bonchev–Trinajstić information content (AvgIpc) is 1.31. The molecule has 12 saturated carbocycles. The summed E-state index contributed by atoms with van der Waals surface area (Å²) in [7, 11) is 8.07. The van der Waals surface area contributed by atoms with Crippen LogP contribution in [0.2, 0.25) is 0 Å². The van der Waals surface area contributed by atoms with Gasteiger partial charge in [0.1, 0.15) is 0 Å². The van der Waals surface area contributed by atoms with E-state index in [4.69, 9.17) is 13.6 Å². The van der Waals surface area contributed by atoms with Crippen LogP contribution in [0.3, 0.4) is 0 Å². The van der Waals surface area contributed by atoms with Gasteiger partial charge in [-0.15, -0.1) is 0 Å². The van der Waals surface area contributed by atoms with Gasteiger partial charge in [-0.05, 0) is 328 Å². The Balaban J connectivity index is 0.000000149. The summed E-state index contributed by atoms with van der Waals surface area (Å²) >= 11 is 0. The van der Waals surface area contributed by atoms with Gasteiger partial charge in [-0.1, -0.05) is 182 Å². The lowest BCUT2D eigenvalue weighted by Crippen LogP contribution is -2.58. The van der Waals surface area contributed by atoms with E-state index in [1.807, 2.05) is 0 Å². The molecule has 0 aliphatic heterocycles. The van der Waals surface area contributed by atoms with E-state index in [0.29, 0.717) is 56.7 Å². The van der Waals surface area contributed by atoms with Gasteiger partial charge in [0.25, 0.3) is 0 Å². The number of allylic oxidation sites excluding steroid dienone is 2. The summed E-state index contributed by atoms with van der Waals surface area (Å²) in [6.07, 6.45) is 48.1. The van der Waals surface area contributed by atoms with Crippen molar-refractivity contribution in [2.45, 2.75) is 336 Å². The molecule has 0 aromatic heterocycles. The Morgan fingerprint density at radius 3 is 1.04 bits per heavy atom. The highest BCUT2D eigenvalue weighted by Gasteiger charge is 2.67. The maximum absolute atomic E-state index is 6.28. The molecular weight excluding hydrogens is 1150 g/mol. The zero-order valence-corrected chi connectivity index (χ0v) is 66.2. The van der Waals surface area contributed by atoms with Gasteiger partial charge in [0.2, 0.25) is 0 Å². The molecule has 35 atom stereocenters. The molecule has 12 unspecified atom stereocenters. The summed E-state index contributed by atoms with van der Waals surface area (Å²) in [6.45, 7) is 48.0. The lowest BCUT2D eigenvalue weighted by Gasteiger charge is -2.63. The second-order valence-electron chi connectivity index (χ2n) is 38.9. The average molecular weight is 1300 g/mol. The Bertz CT molecular complexity index is 2320. The Labute approximate surface area is 567 Å². The largest absolute Gasteiger partial charge is 0.362 e. The Kier molecular flexibility index (Phi) is 24.2. The smallest absolute Gasteiger partial charge is 0.0647 e. The van der Waals surface area contributed by atoms with Crippen molar-refractivity contribution in [1.82, 2.24) is 0 Å². The highest BCUT2D eigenvalue weighted by Crippen LogP contribution is 2.73. The monoisotopic (exact) mass is 1300 g/mol. The van der Waals surface area contributed by atoms with E-state index in [9.17, 15) is 0 Å². The van der Waals surface area contributed by atoms with Crippen LogP contribution in [0.5, 0.6) is 0 Å². The molecule has 0 aromatic rings. The molecule has 12 rings (SSSR count). The van der Waals surface area contributed by atoms with Crippen molar-refractivity contribution >= 4 is 28.4 Å². The first kappa shape index (κ1) is 73.6. The molecule has 0 radical (unpaired) electrons. The van der Waals surface area contributed by atoms with Crippen LogP contribution in [0, 0.1) is 180 Å². The van der Waals surface area contributed by atoms with Crippen molar-refractivity contribution in [3.63, 3.8) is 0 Å². The molecule has 6 heteroatoms. The molecule has 0 spiro atoms. The molecule has 12 aliphatic carbocycles. The van der Waals surface area contributed by atoms with Gasteiger partial charge < -0.3 is 13.6 Å². The third-order valence-corrected chi connectivity index (χ3v) is 35.7. The Hall–Kier alpha value is 0.910. The number of rotatable bonds is 16. The van der Waals surface area contributed by atoms with Crippen molar-refractivity contribution in [2.24, 2.45) is 180 Å². The first-order chi connectivity index (χ1) is 42.6. The molecule has 0 amide bonds. The SMILES string of the molecule is CC[C@@H](C)[C@H]1CCC2[C@@H]3C(OP)C[C@@H]4C[C@@H](C)CC[C@]4(C)C3CC[C@@]21C.CC[C@H](/C=C/[C@@H](C)[C@H]1CCC2[C@@H]3C(OP)C[C@@H]4C[C@@H](C)CC[C@]4(C)C3CC[C@@]21C)C(C)C.CC[C@H](CC[C@@H](C)[C@H]1CCC2[C@@H]3C(OP)C[C@@H]4C[C@@H](C)CC[C@]4(C)C3CC[C@@]21C)C(C)C. The topological polar surface area (TPSA) is 27.7 Å². The van der Waals surface area contributed by atoms with Crippen molar-refractivity contribution in [2.75, 3.05) is 0 Å². The van der Waals surface area contributed by atoms with Crippen LogP contribution in [0.15, 0.2) is 12.2 Å². The van der Waals surface area contributed by atoms with E-state index >= 15 is 0 Å². The van der Waals surface area contributed by atoms with Gasteiger partial charge in [-0.3, -0.25) is 0 Å². The van der Waals surface area contributed by atoms with Gasteiger partial charge in [0.05, 0.1) is 18.3 Å². The normalized spacial score (nSPS) is 50.2. The van der Waals surface area contributed by atoms with E-state index in [1.54, 1.807) is 0 Å². The van der Waals surface area contributed by atoms with Crippen molar-refractivity contribution in [3.05, 3.63) is 12.2 Å². The van der Waals surface area contributed by atoms with E-state index in [1.165, 1.54) is 186 Å². The van der Waals surface area contributed by atoms with E-state index < -0.39 is 0 Å². The second-order valence-corrected chi connectivity index (χ2v) is 39.8. The first-order valence-corrected chi connectivity index (χ1v) is 41.8. The maximum Gasteiger partial charge on any atom is 0.0647 e. The molecular formula is C84H151O3P3. The van der Waals surface area contributed by atoms with Gasteiger partial charge in [-0.25, -0.2) is 0 Å². The highest BCUT2D eigenvalue weighted by molar-refractivity contribution is 7.10. The van der Waals surface area contributed by atoms with E-state index in [-0.39, 0.29) is 0 Å². The van der Waals surface area contributed by atoms with Crippen LogP contribution in [0.1, 0.15) is 318 Å². The summed E-state index contributed by atoms with van der Waals surface area (Å²) in [4.78, 5) is 0. The molecule has 0 heterocycles. The van der Waals surface area contributed by atoms with E-state index in [0.717, 1.165) is 142 Å². The van der Waals surface area contributed by atoms with E-state index in [2.05, 4.69) is 172 Å². The van der Waals surface area contributed by atoms with Crippen LogP contribution in [0.25, 0.3) is 0 Å². The van der Waals surface area contributed by atoms with Crippen molar-refractivity contribution < 1.29 is 13.6 Å². The maximum atomic E-state index is 6.28. The fourth-order valence-corrected chi connectivity index (χ4v) is 29.6. The molecule has 520 valence electrons. The molecule has 90 heavy (non-hydrogen) atoms. The quantitative estimate of drug-likeness (QED) is 0.114. The zero-order chi connectivity index (χ0) is 65.2. The van der Waals surface area contributed by atoms with Gasteiger partial charge in [-0.2, -0.15) is 0 Å². The molecule has 12 fully saturated rings. The molecule has 0 bridgehead atoms. The third-order valence-electron chi connectivity index (χ3n) is 34.6. The summed E-state index contributed by atoms with van der Waals surface area (Å²) < 4.78 is 18.7. The standard InChI is InChI=1S/C30H55OP.C30H53OP.C24H43OP/c2*1-8-22(19(2)3)10-9-21(5)24-11-12-25-28-26(14-16-30(24,25)7)29(6)15-13-20(4)17-23(29)18-27(28)31-32;1-6-16(3)18-7-8-19-22-20(10-12-24(18,19)5)23(4)11-9-15(2)13-17(23)14-21(22)25-26/h19-28H,8-18,32H2,1-7H3;9-10,19-28H,8,11-18,32H2,1-7H3;15-22H,6-14,26H2,1-5H3/b;10-9+;/t2*20-,21+,22+,23-,24+,25?,26?,27?,28-,29-,30+;15-,16+,17-,18+,19?,20?,21?,22-,23-,24+/m000/s1. The van der Waals surface area contributed by atoms with Gasteiger partial charge in [0.15, 0.2) is 0 Å². The molecule has 0 aromatic carbocycles. The Morgan fingerprint density at radius 2 is 0.711 bits per heavy atom. The van der Waals surface area contributed by atoms with Crippen molar-refractivity contribution in [1.29, 1.82) is 0 Å². The number of hydrogen-bond acceptors (Lipinski definition) is 3. The fourth-order valence-electron chi connectivity index (χ4n) is 28.8.